The van der Waals surface area contributed by atoms with Crippen molar-refractivity contribution in [2.75, 3.05) is 30.9 Å². The number of benzene rings is 1. The van der Waals surface area contributed by atoms with Crippen molar-refractivity contribution in [2.24, 2.45) is 5.73 Å². The molecule has 15 heavy (non-hydrogen) atoms. The lowest BCUT2D eigenvalue weighted by atomic mass is 10.1. The van der Waals surface area contributed by atoms with Crippen LogP contribution in [-0.2, 0) is 11.3 Å². The highest BCUT2D eigenvalue weighted by Gasteiger charge is 2.08. The Morgan fingerprint density at radius 3 is 2.40 bits per heavy atom. The molecule has 0 heterocycles. The van der Waals surface area contributed by atoms with Crippen molar-refractivity contribution in [3.05, 3.63) is 23.8 Å². The van der Waals surface area contributed by atoms with Crippen LogP contribution in [0.2, 0.25) is 0 Å². The molecule has 1 aromatic carbocycles. The van der Waals surface area contributed by atoms with Crippen molar-refractivity contribution in [3.8, 4) is 0 Å². The third-order valence-corrected chi connectivity index (χ3v) is 2.30. The van der Waals surface area contributed by atoms with Gasteiger partial charge < -0.3 is 15.5 Å². The fourth-order valence-corrected chi connectivity index (χ4v) is 1.41. The van der Waals surface area contributed by atoms with Crippen molar-refractivity contribution in [1.29, 1.82) is 0 Å². The fraction of sp³-hybridized carbons (Fsp3) is 0.364. The van der Waals surface area contributed by atoms with Gasteiger partial charge in [0.05, 0.1) is 11.4 Å². The van der Waals surface area contributed by atoms with Gasteiger partial charge >= 0.3 is 0 Å². The smallest absolute Gasteiger partial charge is 0.213 e. The summed E-state index contributed by atoms with van der Waals surface area (Å²) in [5, 5.41) is 0. The molecule has 0 atom stereocenters. The summed E-state index contributed by atoms with van der Waals surface area (Å²) in [4.78, 5) is 14.3. The van der Waals surface area contributed by atoms with Gasteiger partial charge in [0.25, 0.3) is 0 Å². The molecule has 1 rings (SSSR count). The van der Waals surface area contributed by atoms with E-state index in [9.17, 15) is 4.79 Å². The monoisotopic (exact) mass is 207 g/mol. The topological polar surface area (TPSA) is 49.6 Å². The van der Waals surface area contributed by atoms with Gasteiger partial charge in [-0.1, -0.05) is 6.07 Å². The summed E-state index contributed by atoms with van der Waals surface area (Å²) >= 11 is 0. The molecule has 0 radical (unpaired) electrons. The first-order valence-electron chi connectivity index (χ1n) is 4.78. The second-order valence-electron chi connectivity index (χ2n) is 3.64. The number of hydrogen-bond donors (Lipinski definition) is 1. The number of hydrogen-bond acceptors (Lipinski definition) is 3. The average Bonchev–Trinajstić information content (AvgIpc) is 2.26. The standard InChI is InChI=1S/C11H17N3O/c1-13(2)10-5-4-9(7-12)6-11(10)14(3)8-15/h4-6,8H,7,12H2,1-3H3. The third-order valence-electron chi connectivity index (χ3n) is 2.30. The SMILES string of the molecule is CN(C)c1ccc(CN)cc1N(C)C=O. The lowest BCUT2D eigenvalue weighted by molar-refractivity contribution is -0.107. The molecule has 0 saturated carbocycles. The minimum Gasteiger partial charge on any atom is -0.376 e. The van der Waals surface area contributed by atoms with Crippen LogP contribution >= 0.6 is 0 Å². The van der Waals surface area contributed by atoms with Gasteiger partial charge in [0.2, 0.25) is 6.41 Å². The Hall–Kier alpha value is -1.55. The Morgan fingerprint density at radius 1 is 1.27 bits per heavy atom. The van der Waals surface area contributed by atoms with Crippen LogP contribution in [0.1, 0.15) is 5.56 Å². The Bertz CT molecular complexity index is 350. The molecule has 1 aromatic rings. The maximum atomic E-state index is 10.8. The predicted octanol–water partition coefficient (Wildman–Crippen LogP) is 0.804. The molecule has 0 spiro atoms. The quantitative estimate of drug-likeness (QED) is 0.743. The van der Waals surface area contributed by atoms with Gasteiger partial charge in [0.1, 0.15) is 0 Å². The largest absolute Gasteiger partial charge is 0.376 e. The van der Waals surface area contributed by atoms with Gasteiger partial charge in [-0.3, -0.25) is 4.79 Å². The molecule has 4 nitrogen and oxygen atoms in total. The maximum Gasteiger partial charge on any atom is 0.213 e. The molecular weight excluding hydrogens is 190 g/mol. The van der Waals surface area contributed by atoms with Crippen molar-refractivity contribution in [3.63, 3.8) is 0 Å². The van der Waals surface area contributed by atoms with Crippen LogP contribution in [0, 0.1) is 0 Å². The summed E-state index contributed by atoms with van der Waals surface area (Å²) < 4.78 is 0. The number of nitrogens with two attached hydrogens (primary N) is 1. The van der Waals surface area contributed by atoms with Crippen LogP contribution in [-0.4, -0.2) is 27.6 Å². The number of amides is 1. The van der Waals surface area contributed by atoms with Crippen LogP contribution in [0.5, 0.6) is 0 Å². The molecule has 0 fully saturated rings. The van der Waals surface area contributed by atoms with Crippen molar-refractivity contribution >= 4 is 17.8 Å². The summed E-state index contributed by atoms with van der Waals surface area (Å²) in [6.45, 7) is 0.480. The van der Waals surface area contributed by atoms with Crippen molar-refractivity contribution in [2.45, 2.75) is 6.54 Å². The second kappa shape index (κ2) is 4.79. The predicted molar refractivity (Wildman–Crippen MR) is 63.1 cm³/mol. The van der Waals surface area contributed by atoms with Gasteiger partial charge in [0.15, 0.2) is 0 Å². The van der Waals surface area contributed by atoms with Crippen molar-refractivity contribution in [1.82, 2.24) is 0 Å². The fourth-order valence-electron chi connectivity index (χ4n) is 1.41. The zero-order chi connectivity index (χ0) is 11.4. The van der Waals surface area contributed by atoms with Gasteiger partial charge in [-0.2, -0.15) is 0 Å². The number of carbonyl (C=O) groups is 1. The Morgan fingerprint density at radius 2 is 1.93 bits per heavy atom. The van der Waals surface area contributed by atoms with Crippen LogP contribution in [0.15, 0.2) is 18.2 Å². The minimum atomic E-state index is 0.480. The molecular formula is C11H17N3O. The molecule has 0 aliphatic rings. The van der Waals surface area contributed by atoms with Crippen LogP contribution < -0.4 is 15.5 Å². The first kappa shape index (κ1) is 11.5. The van der Waals surface area contributed by atoms with E-state index in [-0.39, 0.29) is 0 Å². The minimum absolute atomic E-state index is 0.480. The Balaban J connectivity index is 3.22. The number of rotatable bonds is 4. The highest BCUT2D eigenvalue weighted by Crippen LogP contribution is 2.27. The van der Waals surface area contributed by atoms with E-state index in [4.69, 9.17) is 5.73 Å². The molecule has 1 amide bonds. The molecule has 0 aliphatic carbocycles. The summed E-state index contributed by atoms with van der Waals surface area (Å²) in [5.41, 5.74) is 8.46. The van der Waals surface area contributed by atoms with Gasteiger partial charge in [0, 0.05) is 27.7 Å². The maximum absolute atomic E-state index is 10.8. The Labute approximate surface area is 90.3 Å². The zero-order valence-corrected chi connectivity index (χ0v) is 9.40. The van der Waals surface area contributed by atoms with E-state index in [0.717, 1.165) is 23.3 Å². The van der Waals surface area contributed by atoms with E-state index >= 15 is 0 Å². The Kier molecular flexibility index (Phi) is 3.68. The molecule has 4 heteroatoms. The van der Waals surface area contributed by atoms with E-state index in [0.29, 0.717) is 6.54 Å². The zero-order valence-electron chi connectivity index (χ0n) is 9.40. The second-order valence-corrected chi connectivity index (χ2v) is 3.64. The normalized spacial score (nSPS) is 9.87. The average molecular weight is 207 g/mol. The summed E-state index contributed by atoms with van der Waals surface area (Å²) in [7, 11) is 5.62. The van der Waals surface area contributed by atoms with E-state index < -0.39 is 0 Å². The van der Waals surface area contributed by atoms with Crippen LogP contribution in [0.3, 0.4) is 0 Å². The molecule has 82 valence electrons. The molecule has 0 aromatic heterocycles. The van der Waals surface area contributed by atoms with E-state index in [1.165, 1.54) is 0 Å². The molecule has 0 bridgehead atoms. The number of carbonyl (C=O) groups excluding carboxylic acids is 1. The number of anilines is 2. The van der Waals surface area contributed by atoms with Gasteiger partial charge in [-0.05, 0) is 17.7 Å². The molecule has 0 aliphatic heterocycles. The van der Waals surface area contributed by atoms with E-state index in [1.807, 2.05) is 37.2 Å². The van der Waals surface area contributed by atoms with E-state index in [1.54, 1.807) is 11.9 Å². The first-order chi connectivity index (χ1) is 7.10. The van der Waals surface area contributed by atoms with Crippen LogP contribution in [0.25, 0.3) is 0 Å². The lowest BCUT2D eigenvalue weighted by Crippen LogP contribution is -2.19. The molecule has 0 saturated heterocycles. The highest BCUT2D eigenvalue weighted by atomic mass is 16.1. The highest BCUT2D eigenvalue weighted by molar-refractivity contribution is 5.83. The summed E-state index contributed by atoms with van der Waals surface area (Å²) in [5.74, 6) is 0. The lowest BCUT2D eigenvalue weighted by Gasteiger charge is -2.22. The number of nitrogens with zero attached hydrogens (tertiary/aromatic N) is 2. The third kappa shape index (κ3) is 2.47. The van der Waals surface area contributed by atoms with Gasteiger partial charge in [-0.15, -0.1) is 0 Å². The van der Waals surface area contributed by atoms with Crippen LogP contribution in [0.4, 0.5) is 11.4 Å². The van der Waals surface area contributed by atoms with Crippen molar-refractivity contribution < 1.29 is 4.79 Å². The van der Waals surface area contributed by atoms with Gasteiger partial charge in [-0.25, -0.2) is 0 Å². The molecule has 2 N–H and O–H groups in total. The summed E-state index contributed by atoms with van der Waals surface area (Å²) in [6.07, 6.45) is 0.794. The molecule has 0 unspecified atom stereocenters. The van der Waals surface area contributed by atoms with E-state index in [2.05, 4.69) is 0 Å². The first-order valence-corrected chi connectivity index (χ1v) is 4.78. The summed E-state index contributed by atoms with van der Waals surface area (Å²) in [6, 6.07) is 5.87.